The Kier molecular flexibility index (Phi) is 6.90. The quantitative estimate of drug-likeness (QED) is 0.791. The zero-order valence-electron chi connectivity index (χ0n) is 13.1. The Hall–Kier alpha value is -1.55. The highest BCUT2D eigenvalue weighted by Crippen LogP contribution is 2.13. The van der Waals surface area contributed by atoms with Gasteiger partial charge in [-0.25, -0.2) is 0 Å². The van der Waals surface area contributed by atoms with Gasteiger partial charge in [0, 0.05) is 22.2 Å². The van der Waals surface area contributed by atoms with Crippen LogP contribution < -0.4 is 10.6 Å². The van der Waals surface area contributed by atoms with Crippen molar-refractivity contribution in [1.29, 1.82) is 0 Å². The van der Waals surface area contributed by atoms with Crippen molar-refractivity contribution < 1.29 is 10.1 Å². The van der Waals surface area contributed by atoms with Gasteiger partial charge in [0.15, 0.2) is 6.54 Å². The molecule has 1 atom stereocenters. The highest BCUT2D eigenvalue weighted by atomic mass is 35.5. The van der Waals surface area contributed by atoms with E-state index in [2.05, 4.69) is 12.2 Å². The zero-order valence-corrected chi connectivity index (χ0v) is 14.6. The number of benzene rings is 2. The van der Waals surface area contributed by atoms with Crippen LogP contribution in [0, 0.1) is 0 Å². The number of hydrogen-bond donors (Lipinski definition) is 2. The van der Waals surface area contributed by atoms with E-state index in [4.69, 9.17) is 23.2 Å². The van der Waals surface area contributed by atoms with Gasteiger partial charge in [0.1, 0.15) is 6.04 Å². The van der Waals surface area contributed by atoms with Gasteiger partial charge in [-0.2, -0.15) is 0 Å². The first-order valence-corrected chi connectivity index (χ1v) is 8.40. The number of halogens is 2. The van der Waals surface area contributed by atoms with Crippen molar-refractivity contribution in [3.63, 3.8) is 0 Å². The zero-order chi connectivity index (χ0) is 16.7. The average molecular weight is 352 g/mol. The van der Waals surface area contributed by atoms with Crippen LogP contribution in [0.4, 0.5) is 0 Å². The summed E-state index contributed by atoms with van der Waals surface area (Å²) >= 11 is 11.7. The molecular formula is C18H21Cl2N2O+. The largest absolute Gasteiger partial charge is 0.351 e. The molecule has 0 unspecified atom stereocenters. The van der Waals surface area contributed by atoms with E-state index < -0.39 is 0 Å². The number of amides is 1. The number of carbonyl (C=O) groups excluding carboxylic acids is 1. The molecule has 2 aromatic rings. The van der Waals surface area contributed by atoms with E-state index in [1.165, 1.54) is 0 Å². The fourth-order valence-electron chi connectivity index (χ4n) is 2.26. The molecule has 0 aliphatic heterocycles. The van der Waals surface area contributed by atoms with Crippen LogP contribution in [0.2, 0.25) is 10.0 Å². The van der Waals surface area contributed by atoms with Crippen molar-refractivity contribution >= 4 is 29.1 Å². The number of nitrogens with one attached hydrogen (secondary N) is 1. The highest BCUT2D eigenvalue weighted by Gasteiger charge is 2.11. The second kappa shape index (κ2) is 8.92. The Morgan fingerprint density at radius 2 is 1.61 bits per heavy atom. The van der Waals surface area contributed by atoms with Crippen molar-refractivity contribution in [2.24, 2.45) is 0 Å². The van der Waals surface area contributed by atoms with E-state index in [9.17, 15) is 4.79 Å². The van der Waals surface area contributed by atoms with E-state index >= 15 is 0 Å². The van der Waals surface area contributed by atoms with E-state index in [-0.39, 0.29) is 11.9 Å². The predicted molar refractivity (Wildman–Crippen MR) is 94.8 cm³/mol. The molecule has 0 spiro atoms. The molecule has 1 amide bonds. The second-order valence-corrected chi connectivity index (χ2v) is 6.38. The number of quaternary nitrogens is 1. The molecule has 0 fully saturated rings. The smallest absolute Gasteiger partial charge is 0.275 e. The summed E-state index contributed by atoms with van der Waals surface area (Å²) in [6, 6.07) is 15.6. The third-order valence-electron chi connectivity index (χ3n) is 3.70. The standard InChI is InChI=1S/C18H20Cl2N2O/c1-13(15-4-8-17(20)9-5-15)22-12-18(23)21-11-10-14-2-6-16(19)7-3-14/h2-9,13,22H,10-12H2,1H3,(H,21,23)/p+1/t13-/m1/s1. The lowest BCUT2D eigenvalue weighted by atomic mass is 10.1. The summed E-state index contributed by atoms with van der Waals surface area (Å²) in [6.45, 7) is 3.11. The van der Waals surface area contributed by atoms with E-state index in [1.807, 2.05) is 53.8 Å². The molecule has 0 saturated carbocycles. The Balaban J connectivity index is 1.68. The van der Waals surface area contributed by atoms with Crippen LogP contribution >= 0.6 is 23.2 Å². The summed E-state index contributed by atoms with van der Waals surface area (Å²) < 4.78 is 0. The first kappa shape index (κ1) is 17.8. The van der Waals surface area contributed by atoms with Gasteiger partial charge in [-0.15, -0.1) is 0 Å². The van der Waals surface area contributed by atoms with Crippen molar-refractivity contribution in [3.8, 4) is 0 Å². The fourth-order valence-corrected chi connectivity index (χ4v) is 2.51. The molecule has 3 nitrogen and oxygen atoms in total. The van der Waals surface area contributed by atoms with Crippen LogP contribution in [0.5, 0.6) is 0 Å². The Morgan fingerprint density at radius 1 is 1.04 bits per heavy atom. The Morgan fingerprint density at radius 3 is 2.22 bits per heavy atom. The third-order valence-corrected chi connectivity index (χ3v) is 4.21. The van der Waals surface area contributed by atoms with E-state index in [0.717, 1.165) is 27.6 Å². The molecule has 23 heavy (non-hydrogen) atoms. The van der Waals surface area contributed by atoms with Crippen LogP contribution in [-0.4, -0.2) is 19.0 Å². The first-order chi connectivity index (χ1) is 11.0. The van der Waals surface area contributed by atoms with Gasteiger partial charge in [0.2, 0.25) is 0 Å². The Bertz CT molecular complexity index is 626. The molecule has 2 rings (SSSR count). The second-order valence-electron chi connectivity index (χ2n) is 5.51. The SMILES string of the molecule is C[C@@H]([NH2+]CC(=O)NCCc1ccc(Cl)cc1)c1ccc(Cl)cc1. The number of hydrogen-bond acceptors (Lipinski definition) is 1. The topological polar surface area (TPSA) is 45.7 Å². The monoisotopic (exact) mass is 351 g/mol. The molecule has 0 radical (unpaired) electrons. The number of carbonyl (C=O) groups is 1. The van der Waals surface area contributed by atoms with Gasteiger partial charge in [-0.1, -0.05) is 47.5 Å². The van der Waals surface area contributed by atoms with Crippen molar-refractivity contribution in [2.45, 2.75) is 19.4 Å². The van der Waals surface area contributed by atoms with Crippen LogP contribution in [-0.2, 0) is 11.2 Å². The molecule has 0 saturated heterocycles. The maximum Gasteiger partial charge on any atom is 0.275 e. The predicted octanol–water partition coefficient (Wildman–Crippen LogP) is 2.98. The summed E-state index contributed by atoms with van der Waals surface area (Å²) in [7, 11) is 0. The van der Waals surface area contributed by atoms with Crippen LogP contribution in [0.15, 0.2) is 48.5 Å². The average Bonchev–Trinajstić information content (AvgIpc) is 2.55. The lowest BCUT2D eigenvalue weighted by Crippen LogP contribution is -2.87. The summed E-state index contributed by atoms with van der Waals surface area (Å²) in [5.74, 6) is 0.0415. The summed E-state index contributed by atoms with van der Waals surface area (Å²) in [5.41, 5.74) is 2.32. The summed E-state index contributed by atoms with van der Waals surface area (Å²) in [5, 5.41) is 6.40. The maximum absolute atomic E-state index is 11.9. The highest BCUT2D eigenvalue weighted by molar-refractivity contribution is 6.30. The number of rotatable bonds is 7. The van der Waals surface area contributed by atoms with Crippen LogP contribution in [0.25, 0.3) is 0 Å². The van der Waals surface area contributed by atoms with Gasteiger partial charge in [-0.05, 0) is 43.2 Å². The van der Waals surface area contributed by atoms with Crippen molar-refractivity contribution in [1.82, 2.24) is 5.32 Å². The maximum atomic E-state index is 11.9. The van der Waals surface area contributed by atoms with Gasteiger partial charge < -0.3 is 10.6 Å². The molecule has 0 aliphatic carbocycles. The molecule has 0 bridgehead atoms. The lowest BCUT2D eigenvalue weighted by Gasteiger charge is -2.11. The van der Waals surface area contributed by atoms with Gasteiger partial charge in [0.05, 0.1) is 0 Å². The van der Waals surface area contributed by atoms with E-state index in [0.29, 0.717) is 13.1 Å². The fraction of sp³-hybridized carbons (Fsp3) is 0.278. The van der Waals surface area contributed by atoms with E-state index in [1.54, 1.807) is 0 Å². The molecule has 0 heterocycles. The molecule has 0 aromatic heterocycles. The van der Waals surface area contributed by atoms with Gasteiger partial charge in [-0.3, -0.25) is 4.79 Å². The van der Waals surface area contributed by atoms with Crippen LogP contribution in [0.1, 0.15) is 24.1 Å². The third kappa shape index (κ3) is 6.22. The Labute approximate surface area is 147 Å². The molecular weight excluding hydrogens is 331 g/mol. The number of nitrogens with two attached hydrogens (primary N) is 1. The molecule has 3 N–H and O–H groups in total. The van der Waals surface area contributed by atoms with Crippen LogP contribution in [0.3, 0.4) is 0 Å². The first-order valence-electron chi connectivity index (χ1n) is 7.64. The van der Waals surface area contributed by atoms with Crippen molar-refractivity contribution in [3.05, 3.63) is 69.7 Å². The minimum absolute atomic E-state index is 0.0415. The normalized spacial score (nSPS) is 12.0. The summed E-state index contributed by atoms with van der Waals surface area (Å²) in [4.78, 5) is 11.9. The van der Waals surface area contributed by atoms with Gasteiger partial charge in [0.25, 0.3) is 5.91 Å². The lowest BCUT2D eigenvalue weighted by molar-refractivity contribution is -0.682. The van der Waals surface area contributed by atoms with Gasteiger partial charge >= 0.3 is 0 Å². The molecule has 2 aromatic carbocycles. The minimum Gasteiger partial charge on any atom is -0.351 e. The minimum atomic E-state index is 0.0415. The molecule has 5 heteroatoms. The molecule has 0 aliphatic rings. The summed E-state index contributed by atoms with van der Waals surface area (Å²) in [6.07, 6.45) is 0.801. The van der Waals surface area contributed by atoms with Crippen molar-refractivity contribution in [2.75, 3.05) is 13.1 Å². The molecule has 122 valence electrons.